The lowest BCUT2D eigenvalue weighted by atomic mass is 9.95. The van der Waals surface area contributed by atoms with Gasteiger partial charge in [0.15, 0.2) is 0 Å². The molecule has 2 amide bonds. The highest BCUT2D eigenvalue weighted by Gasteiger charge is 2.34. The van der Waals surface area contributed by atoms with Crippen LogP contribution < -0.4 is 14.4 Å². The molecule has 0 spiro atoms. The second-order valence-electron chi connectivity index (χ2n) is 11.1. The van der Waals surface area contributed by atoms with Gasteiger partial charge >= 0.3 is 0 Å². The van der Waals surface area contributed by atoms with Gasteiger partial charge in [0.05, 0.1) is 17.2 Å². The van der Waals surface area contributed by atoms with E-state index >= 15 is 0 Å². The zero-order valence-corrected chi connectivity index (χ0v) is 27.6. The first-order valence-corrected chi connectivity index (χ1v) is 17.8. The number of nitrogens with zero attached hydrogens (tertiary/aromatic N) is 2. The topological polar surface area (TPSA) is 96.0 Å². The van der Waals surface area contributed by atoms with Crippen molar-refractivity contribution in [1.29, 1.82) is 0 Å². The summed E-state index contributed by atoms with van der Waals surface area (Å²) in [4.78, 5) is 30.3. The lowest BCUT2D eigenvalue weighted by Crippen LogP contribution is -2.53. The minimum atomic E-state index is -4.20. The maximum Gasteiger partial charge on any atom is 0.264 e. The molecule has 1 N–H and O–H groups in total. The molecule has 0 radical (unpaired) electrons. The zero-order chi connectivity index (χ0) is 31.7. The fourth-order valence-corrected chi connectivity index (χ4v) is 7.28. The molecule has 0 aliphatic heterocycles. The standard InChI is InChI=1S/C34H43N3O5S2/c1-5-42-32-18-12-11-17-31(32)37(44(40,41)30-21-19-29(43-4)20-22-30)24-33(38)36(23-27-14-10-9-13-25(27)2)26(3)34(39)35-28-15-7-6-8-16-28/h9-14,17-22,26,28H,5-8,15-16,23-24H2,1-4H3,(H,35,39). The van der Waals surface area contributed by atoms with Crippen molar-refractivity contribution in [2.24, 2.45) is 0 Å². The van der Waals surface area contributed by atoms with Crippen LogP contribution in [0.15, 0.2) is 82.6 Å². The number of rotatable bonds is 13. The number of carbonyl (C=O) groups excluding carboxylic acids is 2. The van der Waals surface area contributed by atoms with Gasteiger partial charge in [-0.2, -0.15) is 0 Å². The van der Waals surface area contributed by atoms with E-state index in [1.54, 1.807) is 55.5 Å². The van der Waals surface area contributed by atoms with E-state index in [1.807, 2.05) is 44.4 Å². The van der Waals surface area contributed by atoms with Gasteiger partial charge in [0.1, 0.15) is 18.3 Å². The molecule has 0 saturated heterocycles. The van der Waals surface area contributed by atoms with Crippen LogP contribution in [0.25, 0.3) is 0 Å². The Hall–Kier alpha value is -3.50. The molecule has 44 heavy (non-hydrogen) atoms. The minimum absolute atomic E-state index is 0.0583. The van der Waals surface area contributed by atoms with E-state index in [0.717, 1.165) is 52.4 Å². The van der Waals surface area contributed by atoms with Gasteiger partial charge in [0, 0.05) is 17.5 Å². The summed E-state index contributed by atoms with van der Waals surface area (Å²) in [7, 11) is -4.20. The largest absolute Gasteiger partial charge is 0.492 e. The van der Waals surface area contributed by atoms with Gasteiger partial charge in [-0.25, -0.2) is 8.42 Å². The Kier molecular flexibility index (Phi) is 11.7. The Balaban J connectivity index is 1.72. The molecular formula is C34H43N3O5S2. The van der Waals surface area contributed by atoms with E-state index in [-0.39, 0.29) is 29.1 Å². The number of para-hydroxylation sites is 2. The number of hydrogen-bond acceptors (Lipinski definition) is 6. The SMILES string of the molecule is CCOc1ccccc1N(CC(=O)N(Cc1ccccc1C)C(C)C(=O)NC1CCCCC1)S(=O)(=O)c1ccc(SC)cc1. The predicted molar refractivity (Wildman–Crippen MR) is 177 cm³/mol. The fraction of sp³-hybridized carbons (Fsp3) is 0.412. The number of anilines is 1. The number of amides is 2. The van der Waals surface area contributed by atoms with Crippen LogP contribution in [-0.4, -0.2) is 56.6 Å². The van der Waals surface area contributed by atoms with Crippen LogP contribution in [0.3, 0.4) is 0 Å². The Morgan fingerprint density at radius 3 is 2.30 bits per heavy atom. The Bertz CT molecular complexity index is 1520. The molecule has 236 valence electrons. The lowest BCUT2D eigenvalue weighted by Gasteiger charge is -2.33. The molecule has 8 nitrogen and oxygen atoms in total. The van der Waals surface area contributed by atoms with Gasteiger partial charge in [-0.05, 0) is 87.4 Å². The van der Waals surface area contributed by atoms with E-state index in [4.69, 9.17) is 4.74 Å². The molecule has 10 heteroatoms. The highest BCUT2D eigenvalue weighted by atomic mass is 32.2. The fourth-order valence-electron chi connectivity index (χ4n) is 5.45. The van der Waals surface area contributed by atoms with Crippen molar-refractivity contribution >= 4 is 39.3 Å². The number of benzene rings is 3. The average molecular weight is 638 g/mol. The highest BCUT2D eigenvalue weighted by molar-refractivity contribution is 7.98. The zero-order valence-electron chi connectivity index (χ0n) is 26.0. The Morgan fingerprint density at radius 1 is 0.977 bits per heavy atom. The van der Waals surface area contributed by atoms with E-state index < -0.39 is 28.5 Å². The molecule has 1 saturated carbocycles. The molecule has 3 aromatic rings. The number of aryl methyl sites for hydroxylation is 1. The summed E-state index contributed by atoms with van der Waals surface area (Å²) < 4.78 is 35.4. The molecule has 0 aromatic heterocycles. The van der Waals surface area contributed by atoms with E-state index in [0.29, 0.717) is 12.4 Å². The summed E-state index contributed by atoms with van der Waals surface area (Å²) in [6, 6.07) is 20.3. The van der Waals surface area contributed by atoms with Crippen LogP contribution in [0, 0.1) is 6.92 Å². The number of nitrogens with one attached hydrogen (secondary N) is 1. The summed E-state index contributed by atoms with van der Waals surface area (Å²) >= 11 is 1.51. The number of ether oxygens (including phenoxy) is 1. The summed E-state index contributed by atoms with van der Waals surface area (Å²) in [5.74, 6) is -0.383. The van der Waals surface area contributed by atoms with Gasteiger partial charge < -0.3 is 15.0 Å². The first-order chi connectivity index (χ1) is 21.1. The maximum absolute atomic E-state index is 14.3. The summed E-state index contributed by atoms with van der Waals surface area (Å²) in [6.07, 6.45) is 7.04. The molecule has 4 rings (SSSR count). The third-order valence-corrected chi connectivity index (χ3v) is 10.6. The van der Waals surface area contributed by atoms with E-state index in [2.05, 4.69) is 5.32 Å². The van der Waals surface area contributed by atoms with Gasteiger partial charge in [-0.15, -0.1) is 11.8 Å². The first-order valence-electron chi connectivity index (χ1n) is 15.2. The second kappa shape index (κ2) is 15.5. The van der Waals surface area contributed by atoms with Crippen molar-refractivity contribution in [3.05, 3.63) is 83.9 Å². The van der Waals surface area contributed by atoms with Crippen LogP contribution in [-0.2, 0) is 26.2 Å². The molecule has 1 fully saturated rings. The van der Waals surface area contributed by atoms with Crippen LogP contribution in [0.2, 0.25) is 0 Å². The van der Waals surface area contributed by atoms with Crippen molar-refractivity contribution in [2.75, 3.05) is 23.7 Å². The maximum atomic E-state index is 14.3. The molecule has 3 aromatic carbocycles. The van der Waals surface area contributed by atoms with Crippen LogP contribution >= 0.6 is 11.8 Å². The summed E-state index contributed by atoms with van der Waals surface area (Å²) in [6.45, 7) is 5.45. The smallest absolute Gasteiger partial charge is 0.264 e. The number of thioether (sulfide) groups is 1. The molecule has 1 aliphatic rings. The average Bonchev–Trinajstić information content (AvgIpc) is 3.03. The molecule has 1 aliphatic carbocycles. The van der Waals surface area contributed by atoms with Gasteiger partial charge in [0.2, 0.25) is 11.8 Å². The third-order valence-electron chi connectivity index (χ3n) is 8.08. The third kappa shape index (κ3) is 8.15. The van der Waals surface area contributed by atoms with Gasteiger partial charge in [0.25, 0.3) is 10.0 Å². The second-order valence-corrected chi connectivity index (χ2v) is 13.8. The van der Waals surface area contributed by atoms with Crippen molar-refractivity contribution in [2.45, 2.75) is 81.3 Å². The van der Waals surface area contributed by atoms with E-state index in [1.165, 1.54) is 16.7 Å². The predicted octanol–water partition coefficient (Wildman–Crippen LogP) is 6.18. The van der Waals surface area contributed by atoms with Gasteiger partial charge in [-0.3, -0.25) is 13.9 Å². The molecular weight excluding hydrogens is 595 g/mol. The Labute approximate surface area is 266 Å². The summed E-state index contributed by atoms with van der Waals surface area (Å²) in [5.41, 5.74) is 2.12. The lowest BCUT2D eigenvalue weighted by molar-refractivity contribution is -0.139. The summed E-state index contributed by atoms with van der Waals surface area (Å²) in [5, 5.41) is 3.15. The van der Waals surface area contributed by atoms with Crippen molar-refractivity contribution in [1.82, 2.24) is 10.2 Å². The molecule has 1 unspecified atom stereocenters. The number of hydrogen-bond donors (Lipinski definition) is 1. The van der Waals surface area contributed by atoms with Crippen molar-refractivity contribution < 1.29 is 22.7 Å². The minimum Gasteiger partial charge on any atom is -0.492 e. The van der Waals surface area contributed by atoms with E-state index in [9.17, 15) is 18.0 Å². The van der Waals surface area contributed by atoms with Crippen LogP contribution in [0.5, 0.6) is 5.75 Å². The van der Waals surface area contributed by atoms with Crippen LogP contribution in [0.1, 0.15) is 57.1 Å². The van der Waals surface area contributed by atoms with Gasteiger partial charge in [-0.1, -0.05) is 55.7 Å². The van der Waals surface area contributed by atoms with Crippen molar-refractivity contribution in [3.63, 3.8) is 0 Å². The van der Waals surface area contributed by atoms with Crippen LogP contribution in [0.4, 0.5) is 5.69 Å². The monoisotopic (exact) mass is 637 g/mol. The Morgan fingerprint density at radius 2 is 1.64 bits per heavy atom. The molecule has 0 heterocycles. The molecule has 0 bridgehead atoms. The highest BCUT2D eigenvalue weighted by Crippen LogP contribution is 2.33. The molecule has 1 atom stereocenters. The number of carbonyl (C=O) groups is 2. The normalized spacial score (nSPS) is 14.5. The number of sulfonamides is 1. The first kappa shape index (κ1) is 33.4. The quantitative estimate of drug-likeness (QED) is 0.225. The van der Waals surface area contributed by atoms with Crippen molar-refractivity contribution in [3.8, 4) is 5.75 Å².